The maximum absolute atomic E-state index is 12.4. The van der Waals surface area contributed by atoms with Crippen LogP contribution in [0.4, 0.5) is 13.2 Å². The van der Waals surface area contributed by atoms with Gasteiger partial charge in [-0.1, -0.05) is 98.5 Å². The van der Waals surface area contributed by atoms with Gasteiger partial charge in [-0.2, -0.15) is 13.2 Å². The van der Waals surface area contributed by atoms with Crippen molar-refractivity contribution >= 4 is 0 Å². The fourth-order valence-electron chi connectivity index (χ4n) is 2.71. The van der Waals surface area contributed by atoms with E-state index in [4.69, 9.17) is 0 Å². The molecule has 164 valence electrons. The molecule has 0 saturated heterocycles. The first kappa shape index (κ1) is 26.0. The summed E-state index contributed by atoms with van der Waals surface area (Å²) >= 11 is 0. The molecule has 0 amide bonds. The van der Waals surface area contributed by atoms with E-state index in [0.717, 1.165) is 47.2 Å². The molecular weight excluding hydrogens is 393 g/mol. The monoisotopic (exact) mass is 424 g/mol. The molecule has 0 heterocycles. The van der Waals surface area contributed by atoms with Gasteiger partial charge in [0.25, 0.3) is 0 Å². The largest absolute Gasteiger partial charge is 0.416 e. The summed E-state index contributed by atoms with van der Waals surface area (Å²) in [7, 11) is 0. The van der Waals surface area contributed by atoms with E-state index < -0.39 is 11.7 Å². The highest BCUT2D eigenvalue weighted by Crippen LogP contribution is 2.31. The number of hydrogen-bond acceptors (Lipinski definition) is 0. The smallest absolute Gasteiger partial charge is 0.166 e. The van der Waals surface area contributed by atoms with Crippen molar-refractivity contribution in [1.29, 1.82) is 0 Å². The van der Waals surface area contributed by atoms with Gasteiger partial charge in [-0.15, -0.1) is 0 Å². The van der Waals surface area contributed by atoms with Crippen LogP contribution in [0.3, 0.4) is 0 Å². The van der Waals surface area contributed by atoms with Crippen LogP contribution in [0.5, 0.6) is 0 Å². The standard InChI is InChI=1S/C15H13F3.C13H18/c1-2-11-3-5-12(6-4-11)13-7-9-14(10-8-13)15(16,17)18;1-6-7-8-9-13(12(4)5)10-11(2)3/h3-10H,2H2,1H3;6-9H,1-2,4,10H2,3,5H3/b;8-7-,13-9+. The Bertz CT molecular complexity index is 922. The predicted molar refractivity (Wildman–Crippen MR) is 128 cm³/mol. The maximum atomic E-state index is 12.4. The molecule has 0 N–H and O–H groups in total. The van der Waals surface area contributed by atoms with Gasteiger partial charge in [0.1, 0.15) is 0 Å². The molecule has 3 heteroatoms. The van der Waals surface area contributed by atoms with E-state index in [0.29, 0.717) is 0 Å². The van der Waals surface area contributed by atoms with Crippen molar-refractivity contribution < 1.29 is 13.2 Å². The molecule has 0 aromatic heterocycles. The van der Waals surface area contributed by atoms with Crippen molar-refractivity contribution in [3.8, 4) is 11.1 Å². The van der Waals surface area contributed by atoms with Crippen molar-refractivity contribution in [2.24, 2.45) is 0 Å². The van der Waals surface area contributed by atoms with E-state index in [-0.39, 0.29) is 0 Å². The molecule has 31 heavy (non-hydrogen) atoms. The zero-order valence-corrected chi connectivity index (χ0v) is 18.6. The number of allylic oxidation sites excluding steroid dienone is 7. The minimum absolute atomic E-state index is 0.614. The second-order valence-corrected chi connectivity index (χ2v) is 7.35. The molecule has 0 bridgehead atoms. The van der Waals surface area contributed by atoms with Crippen LogP contribution < -0.4 is 0 Å². The molecule has 0 fully saturated rings. The molecule has 0 radical (unpaired) electrons. The van der Waals surface area contributed by atoms with Gasteiger partial charge < -0.3 is 0 Å². The molecule has 0 saturated carbocycles. The third kappa shape index (κ3) is 9.52. The Hall–Kier alpha value is -3.07. The van der Waals surface area contributed by atoms with Gasteiger partial charge >= 0.3 is 6.18 Å². The van der Waals surface area contributed by atoms with Crippen LogP contribution >= 0.6 is 0 Å². The number of rotatable bonds is 7. The van der Waals surface area contributed by atoms with Crippen LogP contribution in [0, 0.1) is 0 Å². The van der Waals surface area contributed by atoms with Crippen molar-refractivity contribution in [2.45, 2.75) is 39.8 Å². The Morgan fingerprint density at radius 1 is 0.871 bits per heavy atom. The highest BCUT2D eigenvalue weighted by Gasteiger charge is 2.29. The average molecular weight is 425 g/mol. The van der Waals surface area contributed by atoms with E-state index in [9.17, 15) is 13.2 Å². The number of hydrogen-bond donors (Lipinski definition) is 0. The predicted octanol–water partition coefficient (Wildman–Crippen LogP) is 9.13. The van der Waals surface area contributed by atoms with Crippen LogP contribution in [-0.2, 0) is 12.6 Å². The average Bonchev–Trinajstić information content (AvgIpc) is 2.73. The lowest BCUT2D eigenvalue weighted by atomic mass is 10.0. The summed E-state index contributed by atoms with van der Waals surface area (Å²) < 4.78 is 37.3. The van der Waals surface area contributed by atoms with Crippen molar-refractivity contribution in [1.82, 2.24) is 0 Å². The second-order valence-electron chi connectivity index (χ2n) is 7.35. The Balaban J connectivity index is 0.000000330. The molecule has 2 aromatic carbocycles. The van der Waals surface area contributed by atoms with E-state index in [1.54, 1.807) is 6.08 Å². The molecule has 0 aliphatic rings. The Labute approximate surface area is 184 Å². The summed E-state index contributed by atoms with van der Waals surface area (Å²) in [5, 5.41) is 0. The topological polar surface area (TPSA) is 0 Å². The van der Waals surface area contributed by atoms with Gasteiger partial charge in [-0.05, 0) is 61.1 Å². The molecule has 0 unspecified atom stereocenters. The first-order chi connectivity index (χ1) is 14.6. The SMILES string of the molecule is C=C/C=C\C=C(/CC(=C)C)C(=C)C.CCc1ccc(-c2ccc(C(F)(F)F)cc2)cc1. The van der Waals surface area contributed by atoms with Gasteiger partial charge in [-0.3, -0.25) is 0 Å². The Morgan fingerprint density at radius 3 is 1.77 bits per heavy atom. The van der Waals surface area contributed by atoms with Gasteiger partial charge in [0.15, 0.2) is 0 Å². The Morgan fingerprint density at radius 2 is 1.39 bits per heavy atom. The molecule has 0 spiro atoms. The minimum Gasteiger partial charge on any atom is -0.166 e. The summed E-state index contributed by atoms with van der Waals surface area (Å²) in [6.07, 6.45) is 5.27. The zero-order valence-electron chi connectivity index (χ0n) is 18.6. The van der Waals surface area contributed by atoms with Gasteiger partial charge in [0, 0.05) is 0 Å². The molecule has 0 nitrogen and oxygen atoms in total. The van der Waals surface area contributed by atoms with E-state index in [1.807, 2.05) is 50.3 Å². The molecule has 0 aliphatic heterocycles. The normalized spacial score (nSPS) is 11.6. The van der Waals surface area contributed by atoms with Gasteiger partial charge in [-0.25, -0.2) is 0 Å². The molecular formula is C28H31F3. The fourth-order valence-corrected chi connectivity index (χ4v) is 2.71. The van der Waals surface area contributed by atoms with Gasteiger partial charge in [0.2, 0.25) is 0 Å². The van der Waals surface area contributed by atoms with Crippen molar-refractivity contribution in [3.63, 3.8) is 0 Å². The van der Waals surface area contributed by atoms with Crippen LogP contribution in [0.15, 0.2) is 109 Å². The summed E-state index contributed by atoms with van der Waals surface area (Å²) in [5.41, 5.74) is 5.80. The molecule has 2 aromatic rings. The Kier molecular flexibility index (Phi) is 10.5. The second kappa shape index (κ2) is 12.6. The van der Waals surface area contributed by atoms with Crippen LogP contribution in [0.1, 0.15) is 38.3 Å². The maximum Gasteiger partial charge on any atom is 0.416 e. The minimum atomic E-state index is -4.27. The first-order valence-electron chi connectivity index (χ1n) is 10.1. The first-order valence-corrected chi connectivity index (χ1v) is 10.1. The van der Waals surface area contributed by atoms with Crippen LogP contribution in [0.25, 0.3) is 11.1 Å². The quantitative estimate of drug-likeness (QED) is 0.307. The lowest BCUT2D eigenvalue weighted by Gasteiger charge is -2.08. The number of halogens is 3. The lowest BCUT2D eigenvalue weighted by molar-refractivity contribution is -0.137. The summed E-state index contributed by atoms with van der Waals surface area (Å²) in [6.45, 7) is 17.5. The summed E-state index contributed by atoms with van der Waals surface area (Å²) in [6, 6.07) is 13.1. The molecule has 2 rings (SSSR count). The lowest BCUT2D eigenvalue weighted by Crippen LogP contribution is -2.03. The summed E-state index contributed by atoms with van der Waals surface area (Å²) in [4.78, 5) is 0. The summed E-state index contributed by atoms with van der Waals surface area (Å²) in [5.74, 6) is 0. The highest BCUT2D eigenvalue weighted by atomic mass is 19.4. The highest BCUT2D eigenvalue weighted by molar-refractivity contribution is 5.64. The van der Waals surface area contributed by atoms with Gasteiger partial charge in [0.05, 0.1) is 5.56 Å². The van der Waals surface area contributed by atoms with Crippen LogP contribution in [0.2, 0.25) is 0 Å². The van der Waals surface area contributed by atoms with Crippen molar-refractivity contribution in [2.75, 3.05) is 0 Å². The third-order valence-electron chi connectivity index (χ3n) is 4.49. The van der Waals surface area contributed by atoms with Crippen molar-refractivity contribution in [3.05, 3.63) is 120 Å². The van der Waals surface area contributed by atoms with E-state index in [2.05, 4.69) is 32.7 Å². The molecule has 0 atom stereocenters. The number of benzene rings is 2. The van der Waals surface area contributed by atoms with E-state index in [1.165, 1.54) is 23.3 Å². The number of aryl methyl sites for hydroxylation is 1. The van der Waals surface area contributed by atoms with E-state index >= 15 is 0 Å². The zero-order chi connectivity index (χ0) is 23.4. The third-order valence-corrected chi connectivity index (χ3v) is 4.49. The fraction of sp³-hybridized carbons (Fsp3) is 0.214. The molecule has 0 aliphatic carbocycles. The van der Waals surface area contributed by atoms with Crippen LogP contribution in [-0.4, -0.2) is 0 Å². The number of alkyl halides is 3.